The number of aromatic nitrogens is 4. The number of nitro benzene ring substituents is 1. The summed E-state index contributed by atoms with van der Waals surface area (Å²) in [6.45, 7) is 3.53. The molecule has 2 heterocycles. The summed E-state index contributed by atoms with van der Waals surface area (Å²) in [6.07, 6.45) is 0.945. The number of benzene rings is 2. The van der Waals surface area contributed by atoms with Gasteiger partial charge in [0.1, 0.15) is 11.3 Å². The lowest BCUT2D eigenvalue weighted by Crippen LogP contribution is -2.31. The van der Waals surface area contributed by atoms with Crippen LogP contribution in [0.1, 0.15) is 16.7 Å². The van der Waals surface area contributed by atoms with E-state index in [4.69, 9.17) is 0 Å². The first-order chi connectivity index (χ1) is 16.4. The Morgan fingerprint density at radius 3 is 2.31 bits per heavy atom. The molecule has 0 saturated heterocycles. The van der Waals surface area contributed by atoms with Gasteiger partial charge >= 0.3 is 11.4 Å². The molecule has 2 aromatic carbocycles. The van der Waals surface area contributed by atoms with Crippen LogP contribution in [0.5, 0.6) is 5.88 Å². The van der Waals surface area contributed by atoms with Gasteiger partial charge in [-0.1, -0.05) is 15.9 Å². The summed E-state index contributed by atoms with van der Waals surface area (Å²) in [6, 6.07) is 5.98. The Labute approximate surface area is 204 Å². The fourth-order valence-electron chi connectivity index (χ4n) is 3.79. The van der Waals surface area contributed by atoms with Crippen LogP contribution in [-0.2, 0) is 14.1 Å². The van der Waals surface area contributed by atoms with Gasteiger partial charge in [-0.3, -0.25) is 29.0 Å². The van der Waals surface area contributed by atoms with E-state index in [-0.39, 0.29) is 16.9 Å². The molecule has 0 spiro atoms. The molecule has 0 aliphatic carbocycles. The molecule has 12 nitrogen and oxygen atoms in total. The number of nitro groups is 1. The molecule has 0 atom stereocenters. The summed E-state index contributed by atoms with van der Waals surface area (Å²) >= 11 is 3.41. The first-order valence-electron chi connectivity index (χ1n) is 10.2. The minimum absolute atomic E-state index is 0.143. The molecule has 0 saturated carbocycles. The smallest absolute Gasteiger partial charge is 0.335 e. The molecule has 2 N–H and O–H groups in total. The molecular formula is C22H19BrN6O6. The highest BCUT2D eigenvalue weighted by Gasteiger charge is 2.21. The van der Waals surface area contributed by atoms with E-state index in [1.807, 2.05) is 0 Å². The highest BCUT2D eigenvalue weighted by atomic mass is 79.9. The van der Waals surface area contributed by atoms with Crippen LogP contribution in [0, 0.1) is 24.0 Å². The molecule has 0 aliphatic heterocycles. The molecule has 0 aliphatic rings. The van der Waals surface area contributed by atoms with Gasteiger partial charge in [0.05, 0.1) is 21.6 Å². The Hall–Kier alpha value is -4.26. The van der Waals surface area contributed by atoms with Gasteiger partial charge < -0.3 is 5.11 Å². The number of halogens is 1. The third-order valence-corrected chi connectivity index (χ3v) is 6.59. The lowest BCUT2D eigenvalue weighted by molar-refractivity contribution is -0.383. The van der Waals surface area contributed by atoms with Gasteiger partial charge in [0.2, 0.25) is 5.88 Å². The van der Waals surface area contributed by atoms with Crippen molar-refractivity contribution in [3.63, 3.8) is 0 Å². The quantitative estimate of drug-likeness (QED) is 0.229. The Kier molecular flexibility index (Phi) is 5.80. The van der Waals surface area contributed by atoms with E-state index in [1.54, 1.807) is 26.0 Å². The zero-order chi connectivity index (χ0) is 25.8. The molecule has 180 valence electrons. The van der Waals surface area contributed by atoms with Crippen molar-refractivity contribution in [2.24, 2.45) is 19.1 Å². The number of aromatic hydroxyl groups is 1. The van der Waals surface area contributed by atoms with Gasteiger partial charge in [0, 0.05) is 30.8 Å². The van der Waals surface area contributed by atoms with Crippen LogP contribution >= 0.6 is 15.9 Å². The topological polar surface area (TPSA) is 158 Å². The average Bonchev–Trinajstić information content (AvgIpc) is 2.99. The molecule has 35 heavy (non-hydrogen) atoms. The lowest BCUT2D eigenvalue weighted by atomic mass is 10.1. The zero-order valence-corrected chi connectivity index (χ0v) is 20.6. The third kappa shape index (κ3) is 3.89. The maximum Gasteiger partial charge on any atom is 0.335 e. The number of aliphatic imine (C=N–C) groups is 1. The molecule has 4 aromatic rings. The minimum Gasteiger partial charge on any atom is -0.493 e. The van der Waals surface area contributed by atoms with Gasteiger partial charge in [-0.2, -0.15) is 0 Å². The van der Waals surface area contributed by atoms with Crippen molar-refractivity contribution in [1.29, 1.82) is 0 Å². The Bertz CT molecular complexity index is 1760. The van der Waals surface area contributed by atoms with E-state index < -0.39 is 27.7 Å². The van der Waals surface area contributed by atoms with Crippen LogP contribution in [0.3, 0.4) is 0 Å². The number of fused-ring (bicyclic) bond motifs is 1. The molecule has 2 aromatic heterocycles. The largest absolute Gasteiger partial charge is 0.493 e. The molecule has 0 fully saturated rings. The summed E-state index contributed by atoms with van der Waals surface area (Å²) < 4.78 is 4.30. The summed E-state index contributed by atoms with van der Waals surface area (Å²) in [5.74, 6) is -0.678. The first kappa shape index (κ1) is 23.9. The van der Waals surface area contributed by atoms with Gasteiger partial charge in [-0.15, -0.1) is 0 Å². The van der Waals surface area contributed by atoms with Crippen LogP contribution in [0.2, 0.25) is 0 Å². The van der Waals surface area contributed by atoms with Crippen molar-refractivity contribution < 1.29 is 10.0 Å². The maximum absolute atomic E-state index is 12.6. The second kappa shape index (κ2) is 8.51. The van der Waals surface area contributed by atoms with E-state index in [0.717, 1.165) is 20.8 Å². The van der Waals surface area contributed by atoms with E-state index in [2.05, 4.69) is 25.9 Å². The number of hydrogen-bond acceptors (Lipinski definition) is 7. The molecule has 4 rings (SSSR count). The summed E-state index contributed by atoms with van der Waals surface area (Å²) in [5, 5.41) is 22.5. The lowest BCUT2D eigenvalue weighted by Gasteiger charge is -2.14. The predicted molar refractivity (Wildman–Crippen MR) is 134 cm³/mol. The van der Waals surface area contributed by atoms with E-state index in [0.29, 0.717) is 22.3 Å². The SMILES string of the molecule is Cc1cc(-n2c(O)c(C=Nc3cc4c(cc3[N+](=O)[O-])n(C)c(=O)n4C)c(=O)[nH]c2=O)c(C)cc1Br. The highest BCUT2D eigenvalue weighted by molar-refractivity contribution is 9.10. The normalized spacial score (nSPS) is 11.6. The van der Waals surface area contributed by atoms with Crippen molar-refractivity contribution in [2.45, 2.75) is 13.8 Å². The standard InChI is InChI=1S/C22H19BrN6O6/c1-10-6-15(11(2)5-13(10)23)28-20(31)12(19(30)25-21(28)32)9-24-14-7-17-18(8-16(14)29(34)35)27(4)22(33)26(17)3/h5-9,31H,1-4H3,(H,25,30,32). The summed E-state index contributed by atoms with van der Waals surface area (Å²) in [4.78, 5) is 54.5. The van der Waals surface area contributed by atoms with Crippen LogP contribution in [0.25, 0.3) is 16.7 Å². The van der Waals surface area contributed by atoms with Crippen molar-refractivity contribution in [1.82, 2.24) is 18.7 Å². The van der Waals surface area contributed by atoms with Gasteiger partial charge in [-0.25, -0.2) is 19.1 Å². The van der Waals surface area contributed by atoms with Gasteiger partial charge in [0.25, 0.3) is 11.2 Å². The Morgan fingerprint density at radius 1 is 1.06 bits per heavy atom. The molecule has 0 unspecified atom stereocenters. The number of nitrogens with zero attached hydrogens (tertiary/aromatic N) is 5. The van der Waals surface area contributed by atoms with Crippen molar-refractivity contribution >= 4 is 44.6 Å². The third-order valence-electron chi connectivity index (χ3n) is 5.74. The zero-order valence-electron chi connectivity index (χ0n) is 19.0. The summed E-state index contributed by atoms with van der Waals surface area (Å²) in [5.41, 5.74) is -0.594. The average molecular weight is 543 g/mol. The van der Waals surface area contributed by atoms with Crippen LogP contribution < -0.4 is 16.9 Å². The second-order valence-corrected chi connectivity index (χ2v) is 8.82. The fraction of sp³-hybridized carbons (Fsp3) is 0.182. The Balaban J connectivity index is 1.94. The van der Waals surface area contributed by atoms with E-state index in [9.17, 15) is 29.6 Å². The fourth-order valence-corrected chi connectivity index (χ4v) is 4.25. The molecule has 0 amide bonds. The Morgan fingerprint density at radius 2 is 1.69 bits per heavy atom. The van der Waals surface area contributed by atoms with E-state index in [1.165, 1.54) is 35.4 Å². The number of hydrogen-bond donors (Lipinski definition) is 2. The molecular weight excluding hydrogens is 524 g/mol. The van der Waals surface area contributed by atoms with Crippen LogP contribution in [0.4, 0.5) is 11.4 Å². The minimum atomic E-state index is -0.921. The predicted octanol–water partition coefficient (Wildman–Crippen LogP) is 2.46. The molecule has 13 heteroatoms. The first-order valence-corrected chi connectivity index (χ1v) is 10.9. The summed E-state index contributed by atoms with van der Waals surface area (Å²) in [7, 11) is 3.00. The number of aryl methyl sites for hydroxylation is 4. The van der Waals surface area contributed by atoms with Gasteiger partial charge in [0.15, 0.2) is 0 Å². The number of aromatic amines is 1. The second-order valence-electron chi connectivity index (χ2n) is 7.97. The van der Waals surface area contributed by atoms with Crippen LogP contribution in [-0.4, -0.2) is 34.9 Å². The number of H-pyrrole nitrogens is 1. The molecule has 0 radical (unpaired) electrons. The number of imidazole rings is 1. The monoisotopic (exact) mass is 542 g/mol. The number of rotatable bonds is 4. The van der Waals surface area contributed by atoms with E-state index >= 15 is 0 Å². The van der Waals surface area contributed by atoms with Crippen LogP contribution in [0.15, 0.2) is 48.1 Å². The molecule has 0 bridgehead atoms. The van der Waals surface area contributed by atoms with Gasteiger partial charge in [-0.05, 0) is 43.2 Å². The van der Waals surface area contributed by atoms with Crippen molar-refractivity contribution in [3.05, 3.63) is 86.9 Å². The number of nitrogens with one attached hydrogen (secondary N) is 1. The maximum atomic E-state index is 12.6. The van der Waals surface area contributed by atoms with Crippen molar-refractivity contribution in [3.8, 4) is 11.6 Å². The van der Waals surface area contributed by atoms with Crippen molar-refractivity contribution in [2.75, 3.05) is 0 Å². The highest BCUT2D eigenvalue weighted by Crippen LogP contribution is 2.32.